The second-order valence-electron chi connectivity index (χ2n) is 8.06. The van der Waals surface area contributed by atoms with Crippen molar-refractivity contribution in [3.05, 3.63) is 70.8 Å². The van der Waals surface area contributed by atoms with Crippen molar-refractivity contribution in [2.75, 3.05) is 26.8 Å². The molecule has 1 unspecified atom stereocenters. The number of hydrogen-bond donors (Lipinski definition) is 2. The van der Waals surface area contributed by atoms with E-state index in [0.29, 0.717) is 18.6 Å². The minimum absolute atomic E-state index is 0. The SMILES string of the molecule is CN=C(NCc1cccc(COC2CCOCC2)c1)NCC(C)c1ccc(C)cc1.I. The second kappa shape index (κ2) is 13.7. The monoisotopic (exact) mass is 537 g/mol. The highest BCUT2D eigenvalue weighted by molar-refractivity contribution is 14.0. The van der Waals surface area contributed by atoms with Gasteiger partial charge in [-0.25, -0.2) is 0 Å². The number of benzene rings is 2. The van der Waals surface area contributed by atoms with Gasteiger partial charge in [-0.05, 0) is 42.4 Å². The highest BCUT2D eigenvalue weighted by Gasteiger charge is 2.14. The Balaban J connectivity index is 0.00000341. The summed E-state index contributed by atoms with van der Waals surface area (Å²) in [5.74, 6) is 1.23. The summed E-state index contributed by atoms with van der Waals surface area (Å²) in [5, 5.41) is 6.85. The van der Waals surface area contributed by atoms with Crippen molar-refractivity contribution in [1.29, 1.82) is 0 Å². The summed E-state index contributed by atoms with van der Waals surface area (Å²) in [6, 6.07) is 17.3. The number of aliphatic imine (C=N–C) groups is 1. The molecule has 1 saturated heterocycles. The molecule has 0 saturated carbocycles. The molecule has 1 atom stereocenters. The van der Waals surface area contributed by atoms with Gasteiger partial charge in [-0.2, -0.15) is 0 Å². The third-order valence-corrected chi connectivity index (χ3v) is 5.55. The summed E-state index contributed by atoms with van der Waals surface area (Å²) >= 11 is 0. The first-order chi connectivity index (χ1) is 14.6. The van der Waals surface area contributed by atoms with Crippen LogP contribution in [0.15, 0.2) is 53.5 Å². The smallest absolute Gasteiger partial charge is 0.191 e. The molecule has 2 aromatic rings. The molecule has 2 aromatic carbocycles. The van der Waals surface area contributed by atoms with E-state index in [1.807, 2.05) is 7.05 Å². The summed E-state index contributed by atoms with van der Waals surface area (Å²) in [5.41, 5.74) is 5.05. The Morgan fingerprint density at radius 1 is 1.10 bits per heavy atom. The van der Waals surface area contributed by atoms with Crippen LogP contribution in [0.4, 0.5) is 0 Å². The number of halogens is 1. The Labute approximate surface area is 204 Å². The van der Waals surface area contributed by atoms with Crippen molar-refractivity contribution < 1.29 is 9.47 Å². The molecule has 0 aliphatic carbocycles. The molecule has 0 amide bonds. The summed E-state index contributed by atoms with van der Waals surface area (Å²) in [6.07, 6.45) is 2.30. The Bertz CT molecular complexity index is 805. The van der Waals surface area contributed by atoms with Gasteiger partial charge in [0, 0.05) is 33.4 Å². The highest BCUT2D eigenvalue weighted by atomic mass is 127. The summed E-state index contributed by atoms with van der Waals surface area (Å²) in [6.45, 7) is 8.18. The molecule has 5 nitrogen and oxygen atoms in total. The number of rotatable bonds is 8. The Morgan fingerprint density at radius 3 is 2.52 bits per heavy atom. The van der Waals surface area contributed by atoms with Gasteiger partial charge >= 0.3 is 0 Å². The van der Waals surface area contributed by atoms with Crippen LogP contribution < -0.4 is 10.6 Å². The fourth-order valence-corrected chi connectivity index (χ4v) is 3.56. The normalized spacial score (nSPS) is 15.8. The first-order valence-electron chi connectivity index (χ1n) is 10.9. The number of ether oxygens (including phenoxy) is 2. The quantitative estimate of drug-likeness (QED) is 0.289. The molecule has 0 radical (unpaired) electrons. The fraction of sp³-hybridized carbons (Fsp3) is 0.480. The Kier molecular flexibility index (Phi) is 11.3. The third kappa shape index (κ3) is 8.79. The fourth-order valence-electron chi connectivity index (χ4n) is 3.56. The van der Waals surface area contributed by atoms with Gasteiger partial charge in [0.1, 0.15) is 0 Å². The lowest BCUT2D eigenvalue weighted by molar-refractivity contribution is -0.0390. The van der Waals surface area contributed by atoms with E-state index < -0.39 is 0 Å². The highest BCUT2D eigenvalue weighted by Crippen LogP contribution is 2.15. The van der Waals surface area contributed by atoms with Crippen LogP contribution in [0.1, 0.15) is 47.9 Å². The summed E-state index contributed by atoms with van der Waals surface area (Å²) < 4.78 is 11.4. The zero-order chi connectivity index (χ0) is 21.2. The van der Waals surface area contributed by atoms with E-state index in [0.717, 1.165) is 45.1 Å². The van der Waals surface area contributed by atoms with E-state index in [1.54, 1.807) is 0 Å². The number of nitrogens with zero attached hydrogens (tertiary/aromatic N) is 1. The van der Waals surface area contributed by atoms with E-state index in [4.69, 9.17) is 9.47 Å². The van der Waals surface area contributed by atoms with Crippen LogP contribution in [0.2, 0.25) is 0 Å². The Morgan fingerprint density at radius 2 is 1.81 bits per heavy atom. The molecule has 2 N–H and O–H groups in total. The molecule has 6 heteroatoms. The van der Waals surface area contributed by atoms with E-state index in [2.05, 4.69) is 78.0 Å². The van der Waals surface area contributed by atoms with Crippen molar-refractivity contribution in [1.82, 2.24) is 10.6 Å². The standard InChI is InChI=1S/C25H35N3O2.HI/c1-19-7-9-23(10-8-19)20(2)16-27-25(26-3)28-17-21-5-4-6-22(15-21)18-30-24-11-13-29-14-12-24;/h4-10,15,20,24H,11-14,16-18H2,1-3H3,(H2,26,27,28);1H. The maximum atomic E-state index is 6.05. The molecule has 0 spiro atoms. The van der Waals surface area contributed by atoms with Gasteiger partial charge in [-0.15, -0.1) is 24.0 Å². The largest absolute Gasteiger partial charge is 0.381 e. The molecule has 1 aliphatic heterocycles. The van der Waals surface area contributed by atoms with Crippen LogP contribution >= 0.6 is 24.0 Å². The molecular weight excluding hydrogens is 501 g/mol. The van der Waals surface area contributed by atoms with Crippen molar-refractivity contribution in [3.63, 3.8) is 0 Å². The van der Waals surface area contributed by atoms with Crippen LogP contribution in [0, 0.1) is 6.92 Å². The molecule has 0 aromatic heterocycles. The first-order valence-corrected chi connectivity index (χ1v) is 10.9. The summed E-state index contributed by atoms with van der Waals surface area (Å²) in [7, 11) is 1.81. The van der Waals surface area contributed by atoms with Gasteiger partial charge in [0.05, 0.1) is 12.7 Å². The number of nitrogens with one attached hydrogen (secondary N) is 2. The van der Waals surface area contributed by atoms with Gasteiger partial charge < -0.3 is 20.1 Å². The number of hydrogen-bond acceptors (Lipinski definition) is 3. The van der Waals surface area contributed by atoms with Gasteiger partial charge in [-0.3, -0.25) is 4.99 Å². The molecule has 0 bridgehead atoms. The predicted octanol–water partition coefficient (Wildman–Crippen LogP) is 4.78. The van der Waals surface area contributed by atoms with Gasteiger partial charge in [0.15, 0.2) is 5.96 Å². The van der Waals surface area contributed by atoms with E-state index in [-0.39, 0.29) is 24.0 Å². The number of guanidine groups is 1. The van der Waals surface area contributed by atoms with Gasteiger partial charge in [-0.1, -0.05) is 61.0 Å². The molecule has 1 heterocycles. The van der Waals surface area contributed by atoms with Crippen LogP contribution in [-0.4, -0.2) is 38.9 Å². The van der Waals surface area contributed by atoms with E-state index in [9.17, 15) is 0 Å². The van der Waals surface area contributed by atoms with E-state index >= 15 is 0 Å². The molecule has 1 aliphatic rings. The molecule has 3 rings (SSSR count). The van der Waals surface area contributed by atoms with E-state index in [1.165, 1.54) is 22.3 Å². The second-order valence-corrected chi connectivity index (χ2v) is 8.06. The van der Waals surface area contributed by atoms with Crippen LogP contribution in [0.25, 0.3) is 0 Å². The van der Waals surface area contributed by atoms with Crippen LogP contribution in [0.5, 0.6) is 0 Å². The molecular formula is C25H36IN3O2. The minimum Gasteiger partial charge on any atom is -0.381 e. The lowest BCUT2D eigenvalue weighted by atomic mass is 10.0. The average molecular weight is 537 g/mol. The van der Waals surface area contributed by atoms with Crippen molar-refractivity contribution in [2.45, 2.75) is 51.9 Å². The maximum absolute atomic E-state index is 6.05. The van der Waals surface area contributed by atoms with Crippen molar-refractivity contribution in [2.24, 2.45) is 4.99 Å². The van der Waals surface area contributed by atoms with Gasteiger partial charge in [0.25, 0.3) is 0 Å². The van der Waals surface area contributed by atoms with Crippen molar-refractivity contribution >= 4 is 29.9 Å². The maximum Gasteiger partial charge on any atom is 0.191 e. The molecule has 1 fully saturated rings. The van der Waals surface area contributed by atoms with Crippen LogP contribution in [0.3, 0.4) is 0 Å². The molecule has 170 valence electrons. The molecule has 31 heavy (non-hydrogen) atoms. The average Bonchev–Trinajstić information content (AvgIpc) is 2.79. The third-order valence-electron chi connectivity index (χ3n) is 5.55. The summed E-state index contributed by atoms with van der Waals surface area (Å²) in [4.78, 5) is 4.36. The zero-order valence-electron chi connectivity index (χ0n) is 18.9. The van der Waals surface area contributed by atoms with Crippen LogP contribution in [-0.2, 0) is 22.6 Å². The van der Waals surface area contributed by atoms with Gasteiger partial charge in [0.2, 0.25) is 0 Å². The lowest BCUT2D eigenvalue weighted by Crippen LogP contribution is -2.38. The Hall–Kier alpha value is -1.64. The minimum atomic E-state index is 0. The topological polar surface area (TPSA) is 54.9 Å². The van der Waals surface area contributed by atoms with Crippen molar-refractivity contribution in [3.8, 4) is 0 Å². The predicted molar refractivity (Wildman–Crippen MR) is 138 cm³/mol. The number of aryl methyl sites for hydroxylation is 1. The zero-order valence-corrected chi connectivity index (χ0v) is 21.2. The first kappa shape index (κ1) is 25.6. The lowest BCUT2D eigenvalue weighted by Gasteiger charge is -2.22.